The highest BCUT2D eigenvalue weighted by Gasteiger charge is 2.46. The largest absolute Gasteiger partial charge is 0.354 e. The topological polar surface area (TPSA) is 96.9 Å². The standard InChI is InChI=1S/C28H24FN5O2/c1-17-3-4-21(34-26(35)20-7-12-33-25(15-20)28(29)8-9-28)16-22(17)18-5-10-31-23(13-18)19-6-11-32-24(14-19)27(36)30-2/h3-7,10-16H,8-9H2,1-2H3,(H,30,36)(H,34,35). The number of rotatable bonds is 6. The van der Waals surface area contributed by atoms with Gasteiger partial charge < -0.3 is 10.6 Å². The molecular weight excluding hydrogens is 457 g/mol. The summed E-state index contributed by atoms with van der Waals surface area (Å²) < 4.78 is 14.4. The molecule has 3 heterocycles. The van der Waals surface area contributed by atoms with Crippen molar-refractivity contribution in [2.45, 2.75) is 25.4 Å². The van der Waals surface area contributed by atoms with Crippen LogP contribution in [0.15, 0.2) is 73.2 Å². The van der Waals surface area contributed by atoms with Crippen LogP contribution < -0.4 is 10.6 Å². The molecule has 0 spiro atoms. The summed E-state index contributed by atoms with van der Waals surface area (Å²) in [5.41, 5.74) is 4.50. The van der Waals surface area contributed by atoms with E-state index in [1.165, 1.54) is 12.3 Å². The van der Waals surface area contributed by atoms with Crippen LogP contribution >= 0.6 is 0 Å². The number of halogens is 1. The molecule has 2 N–H and O–H groups in total. The predicted molar refractivity (Wildman–Crippen MR) is 135 cm³/mol. The SMILES string of the molecule is CNC(=O)c1cc(-c2cc(-c3cc(NC(=O)c4ccnc(C5(F)CC5)c4)ccc3C)ccn2)ccn1. The van der Waals surface area contributed by atoms with Crippen LogP contribution in [0.4, 0.5) is 10.1 Å². The molecular formula is C28H24FN5O2. The van der Waals surface area contributed by atoms with Gasteiger partial charge in [0.05, 0.1) is 11.4 Å². The summed E-state index contributed by atoms with van der Waals surface area (Å²) in [5, 5.41) is 5.48. The van der Waals surface area contributed by atoms with Crippen LogP contribution in [0.25, 0.3) is 22.4 Å². The number of aryl methyl sites for hydroxylation is 1. The van der Waals surface area contributed by atoms with Crippen molar-refractivity contribution in [2.24, 2.45) is 0 Å². The average molecular weight is 482 g/mol. The zero-order valence-electron chi connectivity index (χ0n) is 19.9. The smallest absolute Gasteiger partial charge is 0.269 e. The van der Waals surface area contributed by atoms with Crippen molar-refractivity contribution in [2.75, 3.05) is 12.4 Å². The van der Waals surface area contributed by atoms with E-state index in [1.807, 2.05) is 37.3 Å². The lowest BCUT2D eigenvalue weighted by atomic mass is 9.98. The van der Waals surface area contributed by atoms with Gasteiger partial charge in [-0.1, -0.05) is 6.07 Å². The molecule has 4 aromatic rings. The lowest BCUT2D eigenvalue weighted by molar-refractivity contribution is 0.0957. The number of aromatic nitrogens is 3. The molecule has 180 valence electrons. The van der Waals surface area contributed by atoms with Gasteiger partial charge in [0.15, 0.2) is 5.67 Å². The van der Waals surface area contributed by atoms with Crippen LogP contribution in [0.2, 0.25) is 0 Å². The molecule has 0 aliphatic heterocycles. The minimum atomic E-state index is -1.40. The van der Waals surface area contributed by atoms with Crippen LogP contribution in [0.1, 0.15) is 44.9 Å². The van der Waals surface area contributed by atoms with Gasteiger partial charge in [-0.2, -0.15) is 0 Å². The highest BCUT2D eigenvalue weighted by Crippen LogP contribution is 2.48. The van der Waals surface area contributed by atoms with E-state index in [0.29, 0.717) is 41.2 Å². The number of nitrogens with zero attached hydrogens (tertiary/aromatic N) is 3. The molecule has 8 heteroatoms. The number of benzene rings is 1. The minimum Gasteiger partial charge on any atom is -0.354 e. The van der Waals surface area contributed by atoms with Crippen molar-refractivity contribution < 1.29 is 14.0 Å². The van der Waals surface area contributed by atoms with Crippen molar-refractivity contribution in [3.8, 4) is 22.4 Å². The summed E-state index contributed by atoms with van der Waals surface area (Å²) >= 11 is 0. The van der Waals surface area contributed by atoms with Crippen molar-refractivity contribution in [3.05, 3.63) is 95.7 Å². The van der Waals surface area contributed by atoms with E-state index in [9.17, 15) is 14.0 Å². The lowest BCUT2D eigenvalue weighted by Gasteiger charge is -2.12. The summed E-state index contributed by atoms with van der Waals surface area (Å²) in [6.07, 6.45) is 5.63. The Kier molecular flexibility index (Phi) is 6.01. The Morgan fingerprint density at radius 2 is 1.61 bits per heavy atom. The number of nitrogens with one attached hydrogen (secondary N) is 2. The maximum Gasteiger partial charge on any atom is 0.269 e. The molecule has 1 fully saturated rings. The average Bonchev–Trinajstić information content (AvgIpc) is 3.68. The number of alkyl halides is 1. The number of hydrogen-bond acceptors (Lipinski definition) is 5. The fourth-order valence-corrected chi connectivity index (χ4v) is 3.99. The van der Waals surface area contributed by atoms with Gasteiger partial charge >= 0.3 is 0 Å². The summed E-state index contributed by atoms with van der Waals surface area (Å²) in [5.74, 6) is -0.598. The minimum absolute atomic E-state index is 0.271. The molecule has 1 aliphatic rings. The van der Waals surface area contributed by atoms with Gasteiger partial charge in [-0.05, 0) is 85.0 Å². The fourth-order valence-electron chi connectivity index (χ4n) is 3.99. The lowest BCUT2D eigenvalue weighted by Crippen LogP contribution is -2.19. The molecule has 3 aromatic heterocycles. The predicted octanol–water partition coefficient (Wildman–Crippen LogP) is 5.08. The Bertz CT molecular complexity index is 1480. The van der Waals surface area contributed by atoms with Gasteiger partial charge in [-0.3, -0.25) is 24.5 Å². The van der Waals surface area contributed by atoms with Crippen LogP contribution in [0.3, 0.4) is 0 Å². The van der Waals surface area contributed by atoms with Crippen LogP contribution in [0, 0.1) is 6.92 Å². The maximum atomic E-state index is 14.4. The second-order valence-electron chi connectivity index (χ2n) is 8.82. The first-order valence-electron chi connectivity index (χ1n) is 11.6. The summed E-state index contributed by atoms with van der Waals surface area (Å²) in [6, 6.07) is 16.1. The Balaban J connectivity index is 1.42. The Morgan fingerprint density at radius 1 is 0.861 bits per heavy atom. The molecule has 1 aliphatic carbocycles. The first kappa shape index (κ1) is 23.3. The van der Waals surface area contributed by atoms with Gasteiger partial charge in [-0.15, -0.1) is 0 Å². The molecule has 0 saturated heterocycles. The first-order valence-corrected chi connectivity index (χ1v) is 11.6. The van der Waals surface area contributed by atoms with Crippen LogP contribution in [-0.2, 0) is 5.67 Å². The fraction of sp³-hybridized carbons (Fsp3) is 0.179. The number of anilines is 1. The third-order valence-electron chi connectivity index (χ3n) is 6.25. The Morgan fingerprint density at radius 3 is 2.39 bits per heavy atom. The zero-order chi connectivity index (χ0) is 25.3. The van der Waals surface area contributed by atoms with E-state index in [4.69, 9.17) is 0 Å². The Hall–Kier alpha value is -4.46. The van der Waals surface area contributed by atoms with E-state index in [1.54, 1.807) is 37.6 Å². The van der Waals surface area contributed by atoms with E-state index in [-0.39, 0.29) is 11.8 Å². The molecule has 0 atom stereocenters. The molecule has 2 amide bonds. The molecule has 7 nitrogen and oxygen atoms in total. The number of carbonyl (C=O) groups is 2. The third kappa shape index (κ3) is 4.70. The summed E-state index contributed by atoms with van der Waals surface area (Å²) in [6.45, 7) is 1.99. The monoisotopic (exact) mass is 481 g/mol. The van der Waals surface area contributed by atoms with Crippen molar-refractivity contribution in [3.63, 3.8) is 0 Å². The number of pyridine rings is 3. The summed E-state index contributed by atoms with van der Waals surface area (Å²) in [4.78, 5) is 37.5. The highest BCUT2D eigenvalue weighted by atomic mass is 19.1. The number of carbonyl (C=O) groups excluding carboxylic acids is 2. The van der Waals surface area contributed by atoms with Crippen LogP contribution in [-0.4, -0.2) is 33.8 Å². The molecule has 0 radical (unpaired) electrons. The first-order chi connectivity index (χ1) is 17.4. The molecule has 0 unspecified atom stereocenters. The third-order valence-corrected chi connectivity index (χ3v) is 6.25. The zero-order valence-corrected chi connectivity index (χ0v) is 19.9. The molecule has 1 aromatic carbocycles. The van der Waals surface area contributed by atoms with Gasteiger partial charge in [0, 0.05) is 42.5 Å². The second-order valence-corrected chi connectivity index (χ2v) is 8.82. The van der Waals surface area contributed by atoms with E-state index in [2.05, 4.69) is 25.6 Å². The van der Waals surface area contributed by atoms with E-state index in [0.717, 1.165) is 22.3 Å². The quantitative estimate of drug-likeness (QED) is 0.400. The van der Waals surface area contributed by atoms with Gasteiger partial charge in [0.2, 0.25) is 0 Å². The normalized spacial score (nSPS) is 13.6. The van der Waals surface area contributed by atoms with Gasteiger partial charge in [-0.25, -0.2) is 4.39 Å². The van der Waals surface area contributed by atoms with Crippen LogP contribution in [0.5, 0.6) is 0 Å². The Labute approximate surface area is 207 Å². The molecule has 0 bridgehead atoms. The summed E-state index contributed by atoms with van der Waals surface area (Å²) in [7, 11) is 1.56. The molecule has 1 saturated carbocycles. The molecule has 36 heavy (non-hydrogen) atoms. The van der Waals surface area contributed by atoms with E-state index >= 15 is 0 Å². The van der Waals surface area contributed by atoms with Crippen molar-refractivity contribution >= 4 is 17.5 Å². The number of amides is 2. The van der Waals surface area contributed by atoms with Crippen molar-refractivity contribution in [1.82, 2.24) is 20.3 Å². The van der Waals surface area contributed by atoms with Gasteiger partial charge in [0.1, 0.15) is 5.69 Å². The second kappa shape index (κ2) is 9.30. The number of hydrogen-bond donors (Lipinski definition) is 2. The highest BCUT2D eigenvalue weighted by molar-refractivity contribution is 6.04. The van der Waals surface area contributed by atoms with Crippen molar-refractivity contribution in [1.29, 1.82) is 0 Å². The van der Waals surface area contributed by atoms with Gasteiger partial charge in [0.25, 0.3) is 11.8 Å². The van der Waals surface area contributed by atoms with E-state index < -0.39 is 5.67 Å². The maximum absolute atomic E-state index is 14.4. The molecule has 5 rings (SSSR count).